The number of carbonyl (C=O) groups is 1. The smallest absolute Gasteiger partial charge is 0.226 e. The van der Waals surface area contributed by atoms with E-state index in [-0.39, 0.29) is 5.91 Å². The number of carbonyl (C=O) groups excluding carboxylic acids is 1. The largest absolute Gasteiger partial charge is 0.342 e. The summed E-state index contributed by atoms with van der Waals surface area (Å²) < 4.78 is 2.19. The van der Waals surface area contributed by atoms with E-state index in [0.717, 1.165) is 49.6 Å². The van der Waals surface area contributed by atoms with E-state index in [0.29, 0.717) is 12.3 Å². The van der Waals surface area contributed by atoms with Gasteiger partial charge in [0.2, 0.25) is 5.91 Å². The van der Waals surface area contributed by atoms with Crippen LogP contribution in [0.3, 0.4) is 0 Å². The van der Waals surface area contributed by atoms with E-state index < -0.39 is 0 Å². The van der Waals surface area contributed by atoms with Crippen LogP contribution in [0.4, 0.5) is 0 Å². The van der Waals surface area contributed by atoms with Crippen molar-refractivity contribution in [2.75, 3.05) is 13.1 Å². The van der Waals surface area contributed by atoms with Gasteiger partial charge in [0.25, 0.3) is 0 Å². The lowest BCUT2D eigenvalue weighted by Gasteiger charge is -2.32. The third-order valence-electron chi connectivity index (χ3n) is 5.66. The fraction of sp³-hybridized carbons (Fsp3) is 0.375. The molecule has 5 nitrogen and oxygen atoms in total. The van der Waals surface area contributed by atoms with Gasteiger partial charge >= 0.3 is 0 Å². The van der Waals surface area contributed by atoms with Gasteiger partial charge in [-0.1, -0.05) is 35.4 Å². The van der Waals surface area contributed by atoms with Crippen LogP contribution in [0.5, 0.6) is 0 Å². The molecule has 1 fully saturated rings. The first-order chi connectivity index (χ1) is 14.1. The van der Waals surface area contributed by atoms with Crippen LogP contribution in [0.1, 0.15) is 47.0 Å². The first-order valence-corrected chi connectivity index (χ1v) is 10.3. The minimum Gasteiger partial charge on any atom is -0.342 e. The summed E-state index contributed by atoms with van der Waals surface area (Å²) in [6.45, 7) is 6.50. The molecule has 0 radical (unpaired) electrons. The third kappa shape index (κ3) is 4.73. The van der Waals surface area contributed by atoms with E-state index in [9.17, 15) is 4.79 Å². The molecular weight excluding hydrogens is 360 g/mol. The van der Waals surface area contributed by atoms with Crippen LogP contribution in [0.2, 0.25) is 0 Å². The zero-order valence-corrected chi connectivity index (χ0v) is 17.2. The number of piperidine rings is 1. The summed E-state index contributed by atoms with van der Waals surface area (Å²) in [4.78, 5) is 23.9. The van der Waals surface area contributed by atoms with Crippen LogP contribution in [0.25, 0.3) is 0 Å². The molecule has 0 atom stereocenters. The molecule has 0 saturated carbocycles. The molecule has 0 spiro atoms. The lowest BCUT2D eigenvalue weighted by atomic mass is 9.95. The number of aromatic nitrogens is 3. The van der Waals surface area contributed by atoms with Gasteiger partial charge < -0.3 is 9.47 Å². The SMILES string of the molecule is Cc1cc(C)cc(CC(=O)N2CCC(c3nccn3Cc3ccccn3)CC2)c1. The molecule has 1 amide bonds. The minimum atomic E-state index is 0.227. The van der Waals surface area contributed by atoms with Crippen molar-refractivity contribution < 1.29 is 4.79 Å². The molecule has 3 heterocycles. The Kier molecular flexibility index (Phi) is 5.74. The Morgan fingerprint density at radius 1 is 1.03 bits per heavy atom. The van der Waals surface area contributed by atoms with Gasteiger partial charge in [0.05, 0.1) is 18.7 Å². The number of pyridine rings is 1. The highest BCUT2D eigenvalue weighted by molar-refractivity contribution is 5.79. The summed E-state index contributed by atoms with van der Waals surface area (Å²) in [7, 11) is 0. The fourth-order valence-electron chi connectivity index (χ4n) is 4.33. The van der Waals surface area contributed by atoms with Crippen molar-refractivity contribution in [1.29, 1.82) is 0 Å². The molecule has 2 aromatic heterocycles. The number of imidazole rings is 1. The molecule has 1 aromatic carbocycles. The van der Waals surface area contributed by atoms with Crippen LogP contribution in [-0.4, -0.2) is 38.4 Å². The van der Waals surface area contributed by atoms with E-state index in [1.54, 1.807) is 0 Å². The highest BCUT2D eigenvalue weighted by Gasteiger charge is 2.26. The second-order valence-electron chi connectivity index (χ2n) is 8.06. The normalized spacial score (nSPS) is 14.9. The molecule has 5 heteroatoms. The lowest BCUT2D eigenvalue weighted by molar-refractivity contribution is -0.131. The van der Waals surface area contributed by atoms with Crippen molar-refractivity contribution >= 4 is 5.91 Å². The maximum atomic E-state index is 12.8. The number of rotatable bonds is 5. The topological polar surface area (TPSA) is 51.0 Å². The third-order valence-corrected chi connectivity index (χ3v) is 5.66. The van der Waals surface area contributed by atoms with E-state index in [2.05, 4.69) is 46.6 Å². The lowest BCUT2D eigenvalue weighted by Crippen LogP contribution is -2.39. The first-order valence-electron chi connectivity index (χ1n) is 10.3. The van der Waals surface area contributed by atoms with Crippen LogP contribution in [0, 0.1) is 13.8 Å². The summed E-state index contributed by atoms with van der Waals surface area (Å²) >= 11 is 0. The molecule has 1 aliphatic rings. The molecule has 150 valence electrons. The number of amides is 1. The molecule has 29 heavy (non-hydrogen) atoms. The quantitative estimate of drug-likeness (QED) is 0.666. The summed E-state index contributed by atoms with van der Waals surface area (Å²) in [5.74, 6) is 1.72. The number of hydrogen-bond donors (Lipinski definition) is 0. The minimum absolute atomic E-state index is 0.227. The summed E-state index contributed by atoms with van der Waals surface area (Å²) in [5, 5.41) is 0. The molecular formula is C24H28N4O. The molecule has 0 N–H and O–H groups in total. The number of aryl methyl sites for hydroxylation is 2. The van der Waals surface area contributed by atoms with E-state index >= 15 is 0 Å². The maximum absolute atomic E-state index is 12.8. The Morgan fingerprint density at radius 2 is 1.79 bits per heavy atom. The highest BCUT2D eigenvalue weighted by atomic mass is 16.2. The predicted molar refractivity (Wildman–Crippen MR) is 114 cm³/mol. The monoisotopic (exact) mass is 388 g/mol. The van der Waals surface area contributed by atoms with Gasteiger partial charge in [-0.05, 0) is 44.4 Å². The molecule has 3 aromatic rings. The molecule has 0 bridgehead atoms. The van der Waals surface area contributed by atoms with E-state index in [1.165, 1.54) is 11.1 Å². The predicted octanol–water partition coefficient (Wildman–Crippen LogP) is 3.89. The number of nitrogens with zero attached hydrogens (tertiary/aromatic N) is 4. The van der Waals surface area contributed by atoms with Crippen molar-refractivity contribution in [3.63, 3.8) is 0 Å². The van der Waals surface area contributed by atoms with Crippen molar-refractivity contribution in [2.24, 2.45) is 0 Å². The molecule has 1 aliphatic heterocycles. The Labute approximate surface area is 172 Å². The van der Waals surface area contributed by atoms with Crippen molar-refractivity contribution in [2.45, 2.75) is 45.6 Å². The van der Waals surface area contributed by atoms with Crippen molar-refractivity contribution in [3.8, 4) is 0 Å². The molecule has 1 saturated heterocycles. The van der Waals surface area contributed by atoms with Crippen LogP contribution >= 0.6 is 0 Å². The standard InChI is InChI=1S/C24H28N4O/c1-18-13-19(2)15-20(14-18)16-23(29)27-10-6-21(7-11-27)24-26-9-12-28(24)17-22-5-3-4-8-25-22/h3-5,8-9,12-15,21H,6-7,10-11,16-17H2,1-2H3. The Balaban J connectivity index is 1.36. The highest BCUT2D eigenvalue weighted by Crippen LogP contribution is 2.27. The van der Waals surface area contributed by atoms with Gasteiger partial charge in [0.15, 0.2) is 0 Å². The first kappa shape index (κ1) is 19.4. The average Bonchev–Trinajstić information content (AvgIpc) is 3.16. The maximum Gasteiger partial charge on any atom is 0.226 e. The summed E-state index contributed by atoms with van der Waals surface area (Å²) in [6.07, 6.45) is 8.13. The summed E-state index contributed by atoms with van der Waals surface area (Å²) in [5.41, 5.74) is 4.57. The Hall–Kier alpha value is -2.95. The van der Waals surface area contributed by atoms with Gasteiger partial charge in [-0.3, -0.25) is 9.78 Å². The number of likely N-dealkylation sites (tertiary alicyclic amines) is 1. The van der Waals surface area contributed by atoms with E-state index in [1.807, 2.05) is 41.7 Å². The molecule has 0 unspecified atom stereocenters. The zero-order valence-electron chi connectivity index (χ0n) is 17.2. The van der Waals surface area contributed by atoms with Crippen LogP contribution in [-0.2, 0) is 17.8 Å². The van der Waals surface area contributed by atoms with Crippen LogP contribution < -0.4 is 0 Å². The fourth-order valence-corrected chi connectivity index (χ4v) is 4.33. The van der Waals surface area contributed by atoms with Crippen molar-refractivity contribution in [1.82, 2.24) is 19.4 Å². The van der Waals surface area contributed by atoms with Gasteiger partial charge in [-0.15, -0.1) is 0 Å². The second kappa shape index (κ2) is 8.60. The average molecular weight is 389 g/mol. The van der Waals surface area contributed by atoms with Gasteiger partial charge in [-0.25, -0.2) is 4.98 Å². The summed E-state index contributed by atoms with van der Waals surface area (Å²) in [6, 6.07) is 12.4. The van der Waals surface area contributed by atoms with Gasteiger partial charge in [0, 0.05) is 37.6 Å². The molecule has 4 rings (SSSR count). The Bertz CT molecular complexity index is 951. The van der Waals surface area contributed by atoms with Gasteiger partial charge in [0.1, 0.15) is 5.82 Å². The van der Waals surface area contributed by atoms with Gasteiger partial charge in [-0.2, -0.15) is 0 Å². The zero-order chi connectivity index (χ0) is 20.2. The van der Waals surface area contributed by atoms with Crippen LogP contribution in [0.15, 0.2) is 55.0 Å². The number of hydrogen-bond acceptors (Lipinski definition) is 3. The van der Waals surface area contributed by atoms with E-state index in [4.69, 9.17) is 0 Å². The number of benzene rings is 1. The molecule has 0 aliphatic carbocycles. The Morgan fingerprint density at radius 3 is 2.48 bits per heavy atom. The second-order valence-corrected chi connectivity index (χ2v) is 8.06. The van der Waals surface area contributed by atoms with Crippen molar-refractivity contribution in [3.05, 3.63) is 83.2 Å².